The van der Waals surface area contributed by atoms with Gasteiger partial charge in [-0.1, -0.05) is 61.8 Å². The van der Waals surface area contributed by atoms with E-state index in [1.54, 1.807) is 44.2 Å². The van der Waals surface area contributed by atoms with Gasteiger partial charge in [0.15, 0.2) is 0 Å². The highest BCUT2D eigenvalue weighted by atomic mass is 35.5. The number of anilines is 1. The summed E-state index contributed by atoms with van der Waals surface area (Å²) >= 11 is 6.24. The summed E-state index contributed by atoms with van der Waals surface area (Å²) in [7, 11) is -4.19. The van der Waals surface area contributed by atoms with Crippen LogP contribution in [0.3, 0.4) is 0 Å². The second kappa shape index (κ2) is 13.6. The number of carbonyl (C=O) groups is 2. The van der Waals surface area contributed by atoms with Gasteiger partial charge in [-0.3, -0.25) is 13.9 Å². The molecule has 0 bridgehead atoms. The average molecular weight is 574 g/mol. The average Bonchev–Trinajstić information content (AvgIpc) is 2.93. The van der Waals surface area contributed by atoms with E-state index in [2.05, 4.69) is 5.32 Å². The Balaban J connectivity index is 2.07. The number of benzene rings is 3. The van der Waals surface area contributed by atoms with Gasteiger partial charge in [-0.2, -0.15) is 0 Å². The highest BCUT2D eigenvalue weighted by molar-refractivity contribution is 7.92. The number of carbonyl (C=O) groups excluding carboxylic acids is 2. The van der Waals surface area contributed by atoms with Gasteiger partial charge in [-0.05, 0) is 67.3 Å². The number of sulfonamides is 1. The zero-order valence-electron chi connectivity index (χ0n) is 22.2. The molecule has 0 fully saturated rings. The molecule has 0 saturated carbocycles. The third kappa shape index (κ3) is 7.58. The van der Waals surface area contributed by atoms with Gasteiger partial charge in [-0.25, -0.2) is 12.8 Å². The lowest BCUT2D eigenvalue weighted by Gasteiger charge is -2.33. The fraction of sp³-hybridized carbons (Fsp3) is 0.310. The fourth-order valence-corrected chi connectivity index (χ4v) is 5.81. The minimum atomic E-state index is -4.19. The van der Waals surface area contributed by atoms with Crippen LogP contribution in [0.1, 0.15) is 37.8 Å². The molecule has 7 nitrogen and oxygen atoms in total. The minimum absolute atomic E-state index is 0.00901. The molecule has 0 saturated heterocycles. The van der Waals surface area contributed by atoms with Crippen molar-refractivity contribution < 1.29 is 22.4 Å². The summed E-state index contributed by atoms with van der Waals surface area (Å²) in [6.07, 6.45) is 1.01. The van der Waals surface area contributed by atoms with E-state index in [9.17, 15) is 22.4 Å². The van der Waals surface area contributed by atoms with Gasteiger partial charge in [0, 0.05) is 18.1 Å². The fourth-order valence-electron chi connectivity index (χ4n) is 4.16. The largest absolute Gasteiger partial charge is 0.354 e. The van der Waals surface area contributed by atoms with Crippen LogP contribution in [0.2, 0.25) is 5.02 Å². The normalized spacial score (nSPS) is 12.0. The van der Waals surface area contributed by atoms with Crippen molar-refractivity contribution in [3.63, 3.8) is 0 Å². The highest BCUT2D eigenvalue weighted by Crippen LogP contribution is 2.30. The Morgan fingerprint density at radius 2 is 1.67 bits per heavy atom. The molecule has 3 aromatic carbocycles. The maximum Gasteiger partial charge on any atom is 0.264 e. The Hall–Kier alpha value is -3.43. The van der Waals surface area contributed by atoms with Crippen molar-refractivity contribution in [2.75, 3.05) is 17.4 Å². The molecule has 3 aromatic rings. The van der Waals surface area contributed by atoms with E-state index >= 15 is 0 Å². The molecule has 0 heterocycles. The number of amides is 2. The molecule has 10 heteroatoms. The summed E-state index contributed by atoms with van der Waals surface area (Å²) in [4.78, 5) is 28.4. The first-order chi connectivity index (χ1) is 18.6. The van der Waals surface area contributed by atoms with E-state index in [1.807, 2.05) is 6.92 Å². The molecule has 0 radical (unpaired) electrons. The second-order valence-electron chi connectivity index (χ2n) is 9.12. The monoisotopic (exact) mass is 573 g/mol. The molecule has 39 heavy (non-hydrogen) atoms. The van der Waals surface area contributed by atoms with Crippen LogP contribution in [0.15, 0.2) is 77.7 Å². The Labute approximate surface area is 234 Å². The summed E-state index contributed by atoms with van der Waals surface area (Å²) in [5.74, 6) is -1.36. The Morgan fingerprint density at radius 3 is 2.28 bits per heavy atom. The molecule has 0 aliphatic rings. The molecule has 2 amide bonds. The summed E-state index contributed by atoms with van der Waals surface area (Å²) < 4.78 is 42.3. The van der Waals surface area contributed by atoms with Crippen LogP contribution in [-0.4, -0.2) is 44.3 Å². The van der Waals surface area contributed by atoms with Gasteiger partial charge in [0.2, 0.25) is 11.8 Å². The molecule has 0 aliphatic carbocycles. The van der Waals surface area contributed by atoms with E-state index in [0.717, 1.165) is 4.31 Å². The maximum absolute atomic E-state index is 14.0. The number of nitrogens with zero attached hydrogens (tertiary/aromatic N) is 2. The predicted molar refractivity (Wildman–Crippen MR) is 151 cm³/mol. The number of rotatable bonds is 12. The van der Waals surface area contributed by atoms with Gasteiger partial charge < -0.3 is 10.2 Å². The smallest absolute Gasteiger partial charge is 0.264 e. The standard InChI is InChI=1S/C29H33ClFN3O4S/c1-4-17-32-29(36)26(5-2)33(19-22-12-15-24(31)16-13-22)28(35)20-34(27-18-23(30)14-11-21(27)3)39(37,38)25-9-7-6-8-10-25/h6-16,18,26H,4-5,17,19-20H2,1-3H3,(H,32,36)/t26-/m0/s1. The second-order valence-corrected chi connectivity index (χ2v) is 11.4. The molecule has 208 valence electrons. The summed E-state index contributed by atoms with van der Waals surface area (Å²) in [6.45, 7) is 5.28. The number of halogens is 2. The Bertz CT molecular complexity index is 1390. The van der Waals surface area contributed by atoms with Crippen molar-refractivity contribution >= 4 is 39.1 Å². The van der Waals surface area contributed by atoms with E-state index in [-0.39, 0.29) is 23.0 Å². The molecule has 0 unspecified atom stereocenters. The van der Waals surface area contributed by atoms with E-state index in [0.29, 0.717) is 35.5 Å². The van der Waals surface area contributed by atoms with Crippen LogP contribution in [-0.2, 0) is 26.2 Å². The van der Waals surface area contributed by atoms with Gasteiger partial charge in [0.1, 0.15) is 18.4 Å². The van der Waals surface area contributed by atoms with E-state index in [4.69, 9.17) is 11.6 Å². The third-order valence-electron chi connectivity index (χ3n) is 6.25. The van der Waals surface area contributed by atoms with Crippen LogP contribution in [0.25, 0.3) is 0 Å². The lowest BCUT2D eigenvalue weighted by molar-refractivity contribution is -0.140. The van der Waals surface area contributed by atoms with Crippen molar-refractivity contribution in [3.8, 4) is 0 Å². The lowest BCUT2D eigenvalue weighted by Crippen LogP contribution is -2.52. The molecule has 1 atom stereocenters. The van der Waals surface area contributed by atoms with E-state index in [1.165, 1.54) is 47.4 Å². The van der Waals surface area contributed by atoms with Crippen molar-refractivity contribution in [2.45, 2.75) is 51.1 Å². The summed E-state index contributed by atoms with van der Waals surface area (Å²) in [5, 5.41) is 3.14. The van der Waals surface area contributed by atoms with Crippen LogP contribution < -0.4 is 9.62 Å². The molecular weight excluding hydrogens is 541 g/mol. The molecule has 0 aliphatic heterocycles. The van der Waals surface area contributed by atoms with Gasteiger partial charge in [-0.15, -0.1) is 0 Å². The quantitative estimate of drug-likeness (QED) is 0.318. The first-order valence-corrected chi connectivity index (χ1v) is 14.6. The molecule has 1 N–H and O–H groups in total. The van der Waals surface area contributed by atoms with Crippen LogP contribution >= 0.6 is 11.6 Å². The Kier molecular flexibility index (Phi) is 10.5. The first-order valence-electron chi connectivity index (χ1n) is 12.7. The minimum Gasteiger partial charge on any atom is -0.354 e. The van der Waals surface area contributed by atoms with Crippen molar-refractivity contribution in [1.82, 2.24) is 10.2 Å². The van der Waals surface area contributed by atoms with Crippen molar-refractivity contribution in [1.29, 1.82) is 0 Å². The Morgan fingerprint density at radius 1 is 1.00 bits per heavy atom. The number of aryl methyl sites for hydroxylation is 1. The number of hydrogen-bond donors (Lipinski definition) is 1. The van der Waals surface area contributed by atoms with Crippen LogP contribution in [0.5, 0.6) is 0 Å². The van der Waals surface area contributed by atoms with Gasteiger partial charge in [0.05, 0.1) is 10.6 Å². The molecule has 0 spiro atoms. The summed E-state index contributed by atoms with van der Waals surface area (Å²) in [6, 6.07) is 17.4. The zero-order chi connectivity index (χ0) is 28.6. The zero-order valence-corrected chi connectivity index (χ0v) is 23.8. The predicted octanol–water partition coefficient (Wildman–Crippen LogP) is 5.32. The van der Waals surface area contributed by atoms with Gasteiger partial charge in [0.25, 0.3) is 10.0 Å². The van der Waals surface area contributed by atoms with Crippen molar-refractivity contribution in [2.24, 2.45) is 0 Å². The third-order valence-corrected chi connectivity index (χ3v) is 8.26. The van der Waals surface area contributed by atoms with Crippen LogP contribution in [0.4, 0.5) is 10.1 Å². The molecule has 0 aromatic heterocycles. The van der Waals surface area contributed by atoms with Crippen molar-refractivity contribution in [3.05, 3.63) is 94.8 Å². The lowest BCUT2D eigenvalue weighted by atomic mass is 10.1. The molecular formula is C29H33ClFN3O4S. The van der Waals surface area contributed by atoms with Gasteiger partial charge >= 0.3 is 0 Å². The van der Waals surface area contributed by atoms with Crippen LogP contribution in [0, 0.1) is 12.7 Å². The summed E-state index contributed by atoms with van der Waals surface area (Å²) in [5.41, 5.74) is 1.46. The highest BCUT2D eigenvalue weighted by Gasteiger charge is 2.34. The number of hydrogen-bond acceptors (Lipinski definition) is 4. The SMILES string of the molecule is CCCNC(=O)[C@H](CC)N(Cc1ccc(F)cc1)C(=O)CN(c1cc(Cl)ccc1C)S(=O)(=O)c1ccccc1. The number of nitrogens with one attached hydrogen (secondary N) is 1. The topological polar surface area (TPSA) is 86.8 Å². The maximum atomic E-state index is 14.0. The first kappa shape index (κ1) is 30.1. The molecule has 3 rings (SSSR count). The van der Waals surface area contributed by atoms with E-state index < -0.39 is 34.3 Å².